The number of aromatic nitrogens is 2. The fourth-order valence-electron chi connectivity index (χ4n) is 3.28. The quantitative estimate of drug-likeness (QED) is 0.500. The number of nitrogens with zero attached hydrogens (tertiary/aromatic N) is 2. The molecule has 2 N–H and O–H groups in total. The SMILES string of the molecule is CC(C)n1nc(CNC(=O)c2cccc(NC(=O)c3ccco3)c2)c2ccccc21. The van der Waals surface area contributed by atoms with Crippen molar-refractivity contribution in [2.45, 2.75) is 26.4 Å². The summed E-state index contributed by atoms with van der Waals surface area (Å²) < 4.78 is 7.05. The minimum atomic E-state index is -0.372. The molecule has 0 atom stereocenters. The number of amides is 2. The maximum absolute atomic E-state index is 12.7. The van der Waals surface area contributed by atoms with Crippen LogP contribution in [-0.4, -0.2) is 21.6 Å². The van der Waals surface area contributed by atoms with E-state index in [-0.39, 0.29) is 23.6 Å². The number of rotatable bonds is 6. The van der Waals surface area contributed by atoms with E-state index in [1.807, 2.05) is 28.9 Å². The van der Waals surface area contributed by atoms with Crippen LogP contribution in [0.4, 0.5) is 5.69 Å². The van der Waals surface area contributed by atoms with E-state index in [1.165, 1.54) is 6.26 Å². The molecule has 7 nitrogen and oxygen atoms in total. The van der Waals surface area contributed by atoms with E-state index in [4.69, 9.17) is 4.42 Å². The smallest absolute Gasteiger partial charge is 0.291 e. The van der Waals surface area contributed by atoms with Crippen LogP contribution in [0.2, 0.25) is 0 Å². The molecule has 2 aromatic heterocycles. The van der Waals surface area contributed by atoms with Gasteiger partial charge in [0.25, 0.3) is 11.8 Å². The monoisotopic (exact) mass is 402 g/mol. The lowest BCUT2D eigenvalue weighted by molar-refractivity contribution is 0.0948. The molecule has 0 unspecified atom stereocenters. The molecule has 0 aliphatic rings. The van der Waals surface area contributed by atoms with Gasteiger partial charge in [0.2, 0.25) is 0 Å². The summed E-state index contributed by atoms with van der Waals surface area (Å²) in [5.74, 6) is -0.409. The summed E-state index contributed by atoms with van der Waals surface area (Å²) in [6.45, 7) is 4.46. The van der Waals surface area contributed by atoms with Gasteiger partial charge in [-0.1, -0.05) is 24.3 Å². The van der Waals surface area contributed by atoms with Crippen LogP contribution in [0.5, 0.6) is 0 Å². The first kappa shape index (κ1) is 19.4. The van der Waals surface area contributed by atoms with Crippen molar-refractivity contribution in [3.05, 3.63) is 83.9 Å². The second-order valence-corrected chi connectivity index (χ2v) is 7.20. The maximum atomic E-state index is 12.7. The average Bonchev–Trinajstić information content (AvgIpc) is 3.41. The van der Waals surface area contributed by atoms with Crippen molar-refractivity contribution < 1.29 is 14.0 Å². The standard InChI is InChI=1S/C23H22N4O3/c1-15(2)27-20-10-4-3-9-18(20)19(26-27)14-24-22(28)16-7-5-8-17(13-16)25-23(29)21-11-6-12-30-21/h3-13,15H,14H2,1-2H3,(H,24,28)(H,25,29). The van der Waals surface area contributed by atoms with Gasteiger partial charge in [0, 0.05) is 22.7 Å². The Morgan fingerprint density at radius 3 is 2.63 bits per heavy atom. The Balaban J connectivity index is 1.47. The van der Waals surface area contributed by atoms with Crippen molar-refractivity contribution in [3.8, 4) is 0 Å². The van der Waals surface area contributed by atoms with Gasteiger partial charge < -0.3 is 15.1 Å². The first-order valence-electron chi connectivity index (χ1n) is 9.72. The predicted octanol–water partition coefficient (Wildman–Crippen LogP) is 4.39. The molecule has 0 saturated heterocycles. The molecule has 30 heavy (non-hydrogen) atoms. The molecule has 0 bridgehead atoms. The molecule has 0 radical (unpaired) electrons. The second kappa shape index (κ2) is 8.24. The van der Waals surface area contributed by atoms with Crippen LogP contribution in [0.15, 0.2) is 71.3 Å². The highest BCUT2D eigenvalue weighted by atomic mass is 16.3. The molecule has 0 fully saturated rings. The summed E-state index contributed by atoms with van der Waals surface area (Å²) in [5, 5.41) is 11.3. The molecule has 152 valence electrons. The van der Waals surface area contributed by atoms with Gasteiger partial charge in [0.05, 0.1) is 24.0 Å². The number of benzene rings is 2. The maximum Gasteiger partial charge on any atom is 0.291 e. The number of furan rings is 1. The fourth-order valence-corrected chi connectivity index (χ4v) is 3.28. The van der Waals surface area contributed by atoms with Gasteiger partial charge in [-0.25, -0.2) is 0 Å². The first-order chi connectivity index (χ1) is 14.5. The van der Waals surface area contributed by atoms with E-state index in [1.54, 1.807) is 36.4 Å². The van der Waals surface area contributed by atoms with Crippen LogP contribution < -0.4 is 10.6 Å². The Bertz CT molecular complexity index is 1190. The van der Waals surface area contributed by atoms with Crippen LogP contribution in [0, 0.1) is 0 Å². The fraction of sp³-hybridized carbons (Fsp3) is 0.174. The van der Waals surface area contributed by atoms with Gasteiger partial charge in [0.15, 0.2) is 5.76 Å². The van der Waals surface area contributed by atoms with E-state index in [2.05, 4.69) is 29.6 Å². The molecule has 7 heteroatoms. The van der Waals surface area contributed by atoms with E-state index < -0.39 is 0 Å². The number of fused-ring (bicyclic) bond motifs is 1. The summed E-state index contributed by atoms with van der Waals surface area (Å²) in [5.41, 5.74) is 2.81. The third-order valence-electron chi connectivity index (χ3n) is 4.72. The second-order valence-electron chi connectivity index (χ2n) is 7.20. The average molecular weight is 402 g/mol. The highest BCUT2D eigenvalue weighted by molar-refractivity contribution is 6.03. The van der Waals surface area contributed by atoms with Gasteiger partial charge in [-0.3, -0.25) is 14.3 Å². The highest BCUT2D eigenvalue weighted by Crippen LogP contribution is 2.21. The number of carbonyl (C=O) groups excluding carboxylic acids is 2. The summed E-state index contributed by atoms with van der Waals surface area (Å²) in [6.07, 6.45) is 1.43. The zero-order valence-corrected chi connectivity index (χ0v) is 16.8. The first-order valence-corrected chi connectivity index (χ1v) is 9.72. The third kappa shape index (κ3) is 3.96. The number of para-hydroxylation sites is 1. The summed E-state index contributed by atoms with van der Waals surface area (Å²) >= 11 is 0. The van der Waals surface area contributed by atoms with Crippen molar-refractivity contribution >= 4 is 28.4 Å². The normalized spacial score (nSPS) is 11.0. The van der Waals surface area contributed by atoms with Crippen molar-refractivity contribution in [1.82, 2.24) is 15.1 Å². The van der Waals surface area contributed by atoms with Crippen LogP contribution in [0.3, 0.4) is 0 Å². The molecule has 0 spiro atoms. The molecule has 0 aliphatic heterocycles. The lowest BCUT2D eigenvalue weighted by Gasteiger charge is -2.07. The number of anilines is 1. The van der Waals surface area contributed by atoms with Crippen molar-refractivity contribution in [3.63, 3.8) is 0 Å². The Morgan fingerprint density at radius 1 is 1.03 bits per heavy atom. The van der Waals surface area contributed by atoms with Crippen molar-refractivity contribution in [2.24, 2.45) is 0 Å². The number of nitrogens with one attached hydrogen (secondary N) is 2. The van der Waals surface area contributed by atoms with Gasteiger partial charge in [0.1, 0.15) is 0 Å². The molecule has 0 saturated carbocycles. The number of carbonyl (C=O) groups is 2. The van der Waals surface area contributed by atoms with Crippen LogP contribution in [0.1, 0.15) is 46.5 Å². The van der Waals surface area contributed by atoms with Crippen LogP contribution in [0.25, 0.3) is 10.9 Å². The van der Waals surface area contributed by atoms with Crippen LogP contribution in [-0.2, 0) is 6.54 Å². The summed E-state index contributed by atoms with van der Waals surface area (Å²) in [7, 11) is 0. The Labute approximate surface area is 173 Å². The van der Waals surface area contributed by atoms with Crippen molar-refractivity contribution in [2.75, 3.05) is 5.32 Å². The molecule has 0 aliphatic carbocycles. The third-order valence-corrected chi connectivity index (χ3v) is 4.72. The zero-order chi connectivity index (χ0) is 21.1. The summed E-state index contributed by atoms with van der Waals surface area (Å²) in [6, 6.07) is 18.2. The molecule has 2 aromatic carbocycles. The van der Waals surface area contributed by atoms with Crippen molar-refractivity contribution in [1.29, 1.82) is 0 Å². The molecule has 2 heterocycles. The molecule has 4 rings (SSSR count). The minimum absolute atomic E-state index is 0.206. The topological polar surface area (TPSA) is 89.2 Å². The Kier molecular flexibility index (Phi) is 5.34. The lowest BCUT2D eigenvalue weighted by Crippen LogP contribution is -2.23. The Hall–Kier alpha value is -3.87. The molecular weight excluding hydrogens is 380 g/mol. The molecule has 4 aromatic rings. The highest BCUT2D eigenvalue weighted by Gasteiger charge is 2.14. The lowest BCUT2D eigenvalue weighted by atomic mass is 10.1. The van der Waals surface area contributed by atoms with Gasteiger partial charge in [-0.05, 0) is 50.2 Å². The van der Waals surface area contributed by atoms with E-state index in [9.17, 15) is 9.59 Å². The molecule has 2 amide bonds. The number of hydrogen-bond donors (Lipinski definition) is 2. The van der Waals surface area contributed by atoms with E-state index in [0.717, 1.165) is 16.6 Å². The van der Waals surface area contributed by atoms with Gasteiger partial charge in [-0.15, -0.1) is 0 Å². The molecular formula is C23H22N4O3. The predicted molar refractivity (Wildman–Crippen MR) is 114 cm³/mol. The largest absolute Gasteiger partial charge is 0.459 e. The van der Waals surface area contributed by atoms with Crippen LogP contribution >= 0.6 is 0 Å². The number of hydrogen-bond acceptors (Lipinski definition) is 4. The van der Waals surface area contributed by atoms with Gasteiger partial charge in [-0.2, -0.15) is 5.10 Å². The minimum Gasteiger partial charge on any atom is -0.459 e. The van der Waals surface area contributed by atoms with E-state index >= 15 is 0 Å². The van der Waals surface area contributed by atoms with Gasteiger partial charge >= 0.3 is 0 Å². The zero-order valence-electron chi connectivity index (χ0n) is 16.8. The summed E-state index contributed by atoms with van der Waals surface area (Å²) in [4.78, 5) is 24.8. The van der Waals surface area contributed by atoms with E-state index in [0.29, 0.717) is 17.8 Å². The Morgan fingerprint density at radius 2 is 1.87 bits per heavy atom.